The van der Waals surface area contributed by atoms with Gasteiger partial charge in [-0.3, -0.25) is 4.99 Å². The molecular weight excluding hydrogens is 214 g/mol. The summed E-state index contributed by atoms with van der Waals surface area (Å²) in [5, 5.41) is 0. The molecule has 1 aliphatic rings. The van der Waals surface area contributed by atoms with E-state index in [2.05, 4.69) is 34.4 Å². The van der Waals surface area contributed by atoms with Crippen LogP contribution in [0.5, 0.6) is 0 Å². The van der Waals surface area contributed by atoms with E-state index in [1.807, 2.05) is 13.1 Å². The number of aliphatic imine (C=N–C) groups is 1. The van der Waals surface area contributed by atoms with Crippen LogP contribution < -0.4 is 0 Å². The van der Waals surface area contributed by atoms with E-state index in [0.717, 1.165) is 16.0 Å². The fourth-order valence-electron chi connectivity index (χ4n) is 0.875. The minimum atomic E-state index is 0.756. The SMILES string of the molecule is C=C(C)/C(Br)=C\N=C(C)C1CC1. The van der Waals surface area contributed by atoms with Crippen molar-refractivity contribution in [3.8, 4) is 0 Å². The summed E-state index contributed by atoms with van der Waals surface area (Å²) in [6, 6.07) is 0. The molecule has 12 heavy (non-hydrogen) atoms. The zero-order valence-electron chi connectivity index (χ0n) is 7.60. The molecule has 0 N–H and O–H groups in total. The minimum absolute atomic E-state index is 0.756. The highest BCUT2D eigenvalue weighted by atomic mass is 79.9. The van der Waals surface area contributed by atoms with Gasteiger partial charge < -0.3 is 0 Å². The smallest absolute Gasteiger partial charge is 0.0411 e. The zero-order valence-corrected chi connectivity index (χ0v) is 9.19. The van der Waals surface area contributed by atoms with Crippen LogP contribution in [0.15, 0.2) is 27.8 Å². The van der Waals surface area contributed by atoms with Gasteiger partial charge in [0.05, 0.1) is 0 Å². The molecule has 0 unspecified atom stereocenters. The van der Waals surface area contributed by atoms with E-state index in [0.29, 0.717) is 0 Å². The lowest BCUT2D eigenvalue weighted by atomic mass is 10.3. The molecule has 0 aromatic carbocycles. The number of nitrogens with zero attached hydrogens (tertiary/aromatic N) is 1. The van der Waals surface area contributed by atoms with Crippen LogP contribution in [0, 0.1) is 5.92 Å². The Bertz CT molecular complexity index is 247. The first-order valence-electron chi connectivity index (χ1n) is 4.17. The number of rotatable bonds is 3. The highest BCUT2D eigenvalue weighted by Crippen LogP contribution is 2.30. The summed E-state index contributed by atoms with van der Waals surface area (Å²) in [5.74, 6) is 0.756. The van der Waals surface area contributed by atoms with E-state index in [4.69, 9.17) is 0 Å². The highest BCUT2D eigenvalue weighted by molar-refractivity contribution is 9.11. The first-order valence-corrected chi connectivity index (χ1v) is 4.96. The normalized spacial score (nSPS) is 19.6. The molecule has 0 heterocycles. The van der Waals surface area contributed by atoms with E-state index in [-0.39, 0.29) is 0 Å². The Balaban J connectivity index is 2.55. The zero-order chi connectivity index (χ0) is 9.14. The van der Waals surface area contributed by atoms with Gasteiger partial charge in [0, 0.05) is 16.4 Å². The molecule has 0 aliphatic heterocycles. The number of hydrogen-bond donors (Lipinski definition) is 0. The predicted octanol–water partition coefficient (Wildman–Crippen LogP) is 3.67. The van der Waals surface area contributed by atoms with Crippen LogP contribution in [0.2, 0.25) is 0 Å². The lowest BCUT2D eigenvalue weighted by Gasteiger charge is -1.95. The van der Waals surface area contributed by atoms with Gasteiger partial charge in [0.25, 0.3) is 0 Å². The van der Waals surface area contributed by atoms with E-state index < -0.39 is 0 Å². The van der Waals surface area contributed by atoms with Crippen molar-refractivity contribution in [2.45, 2.75) is 26.7 Å². The lowest BCUT2D eigenvalue weighted by molar-refractivity contribution is 1.17. The topological polar surface area (TPSA) is 12.4 Å². The average molecular weight is 228 g/mol. The van der Waals surface area contributed by atoms with Crippen LogP contribution in [0.4, 0.5) is 0 Å². The van der Waals surface area contributed by atoms with Crippen LogP contribution in [0.3, 0.4) is 0 Å². The van der Waals surface area contributed by atoms with Crippen molar-refractivity contribution in [2.75, 3.05) is 0 Å². The van der Waals surface area contributed by atoms with Crippen LogP contribution in [0.25, 0.3) is 0 Å². The Morgan fingerprint density at radius 2 is 2.08 bits per heavy atom. The van der Waals surface area contributed by atoms with Crippen molar-refractivity contribution < 1.29 is 0 Å². The first kappa shape index (κ1) is 9.72. The van der Waals surface area contributed by atoms with Gasteiger partial charge in [0.15, 0.2) is 0 Å². The summed E-state index contributed by atoms with van der Waals surface area (Å²) in [5.41, 5.74) is 2.26. The summed E-state index contributed by atoms with van der Waals surface area (Å²) in [6.45, 7) is 7.86. The second-order valence-corrected chi connectivity index (χ2v) is 4.16. The van der Waals surface area contributed by atoms with Gasteiger partial charge >= 0.3 is 0 Å². The molecule has 1 rings (SSSR count). The standard InChI is InChI=1S/C10H14BrN/c1-7(2)10(11)6-12-8(3)9-4-5-9/h6,9H,1,4-5H2,2-3H3/b10-6+,12-8?. The molecule has 0 aromatic rings. The molecule has 0 saturated heterocycles. The monoisotopic (exact) mass is 227 g/mol. The van der Waals surface area contributed by atoms with E-state index >= 15 is 0 Å². The van der Waals surface area contributed by atoms with Gasteiger partial charge in [-0.05, 0) is 54.1 Å². The van der Waals surface area contributed by atoms with Crippen LogP contribution >= 0.6 is 15.9 Å². The summed E-state index contributed by atoms with van der Waals surface area (Å²) in [4.78, 5) is 4.35. The Hall–Kier alpha value is -0.370. The lowest BCUT2D eigenvalue weighted by Crippen LogP contribution is -1.91. The van der Waals surface area contributed by atoms with Crippen molar-refractivity contribution in [3.63, 3.8) is 0 Å². The highest BCUT2D eigenvalue weighted by Gasteiger charge is 2.23. The third-order valence-electron chi connectivity index (χ3n) is 1.96. The third kappa shape index (κ3) is 2.94. The van der Waals surface area contributed by atoms with Gasteiger partial charge in [-0.2, -0.15) is 0 Å². The molecule has 1 saturated carbocycles. The molecule has 0 atom stereocenters. The van der Waals surface area contributed by atoms with Crippen molar-refractivity contribution in [1.29, 1.82) is 0 Å². The maximum absolute atomic E-state index is 4.35. The Morgan fingerprint density at radius 1 is 1.50 bits per heavy atom. The summed E-state index contributed by atoms with van der Waals surface area (Å²) in [6.07, 6.45) is 4.47. The quantitative estimate of drug-likeness (QED) is 0.516. The van der Waals surface area contributed by atoms with Crippen molar-refractivity contribution in [3.05, 3.63) is 22.8 Å². The van der Waals surface area contributed by atoms with Crippen LogP contribution in [0.1, 0.15) is 26.7 Å². The summed E-state index contributed by atoms with van der Waals surface area (Å²) in [7, 11) is 0. The van der Waals surface area contributed by atoms with Gasteiger partial charge in [0.1, 0.15) is 0 Å². The molecule has 0 aromatic heterocycles. The Labute approximate surface area is 82.4 Å². The molecule has 0 bridgehead atoms. The van der Waals surface area contributed by atoms with E-state index in [9.17, 15) is 0 Å². The van der Waals surface area contributed by atoms with Gasteiger partial charge in [-0.25, -0.2) is 0 Å². The maximum atomic E-state index is 4.35. The first-order chi connectivity index (χ1) is 5.61. The third-order valence-corrected chi connectivity index (χ3v) is 2.84. The van der Waals surface area contributed by atoms with Crippen LogP contribution in [-0.4, -0.2) is 5.71 Å². The van der Waals surface area contributed by atoms with Crippen LogP contribution in [-0.2, 0) is 0 Å². The second kappa shape index (κ2) is 4.04. The van der Waals surface area contributed by atoms with Crippen molar-refractivity contribution in [2.24, 2.45) is 10.9 Å². The fraction of sp³-hybridized carbons (Fsp3) is 0.500. The van der Waals surface area contributed by atoms with E-state index in [1.165, 1.54) is 18.6 Å². The number of hydrogen-bond acceptors (Lipinski definition) is 1. The van der Waals surface area contributed by atoms with Gasteiger partial charge in [-0.1, -0.05) is 6.58 Å². The Kier molecular flexibility index (Phi) is 3.27. The molecule has 2 heteroatoms. The maximum Gasteiger partial charge on any atom is 0.0411 e. The molecule has 1 aliphatic carbocycles. The molecule has 0 amide bonds. The molecule has 0 spiro atoms. The summed E-state index contributed by atoms with van der Waals surface area (Å²) >= 11 is 3.39. The number of allylic oxidation sites excluding steroid dienone is 2. The average Bonchev–Trinajstić information content (AvgIpc) is 2.81. The fourth-order valence-corrected chi connectivity index (χ4v) is 0.978. The molecule has 0 radical (unpaired) electrons. The Morgan fingerprint density at radius 3 is 2.50 bits per heavy atom. The molecule has 66 valence electrons. The largest absolute Gasteiger partial charge is 0.264 e. The number of halogens is 1. The van der Waals surface area contributed by atoms with Gasteiger partial charge in [0.2, 0.25) is 0 Å². The summed E-state index contributed by atoms with van der Waals surface area (Å²) < 4.78 is 0.988. The van der Waals surface area contributed by atoms with E-state index in [1.54, 1.807) is 0 Å². The van der Waals surface area contributed by atoms with Gasteiger partial charge in [-0.15, -0.1) is 0 Å². The van der Waals surface area contributed by atoms with Crippen molar-refractivity contribution in [1.82, 2.24) is 0 Å². The second-order valence-electron chi connectivity index (χ2n) is 3.30. The minimum Gasteiger partial charge on any atom is -0.264 e. The predicted molar refractivity (Wildman–Crippen MR) is 57.7 cm³/mol. The molecule has 1 fully saturated rings. The molecular formula is C10H14BrN. The van der Waals surface area contributed by atoms with Crippen molar-refractivity contribution >= 4 is 21.6 Å². The molecule has 1 nitrogen and oxygen atoms in total.